The standard InChI is InChI=1S/C8H7ClO7S/c9-4-2-6(11)5(10)1-3(4)7(8(12)13)17(14,15)16/h1-2,7,10-11H,(H,12,13)(H,14,15,16). The Morgan fingerprint density at radius 2 is 1.71 bits per heavy atom. The van der Waals surface area contributed by atoms with Gasteiger partial charge >= 0.3 is 5.97 Å². The van der Waals surface area contributed by atoms with E-state index in [4.69, 9.17) is 31.5 Å². The number of carbonyl (C=O) groups is 1. The Balaban J connectivity index is 3.50. The maximum atomic E-state index is 10.9. The molecule has 0 bridgehead atoms. The Bertz CT molecular complexity index is 565. The average molecular weight is 283 g/mol. The monoisotopic (exact) mass is 282 g/mol. The third-order valence-electron chi connectivity index (χ3n) is 1.90. The van der Waals surface area contributed by atoms with Crippen LogP contribution in [0.5, 0.6) is 11.5 Å². The summed E-state index contributed by atoms with van der Waals surface area (Å²) in [6.45, 7) is 0. The molecule has 0 saturated heterocycles. The summed E-state index contributed by atoms with van der Waals surface area (Å²) in [5, 5.41) is 24.2. The first-order valence-corrected chi connectivity index (χ1v) is 5.93. The fraction of sp³-hybridized carbons (Fsp3) is 0.125. The number of rotatable bonds is 3. The van der Waals surface area contributed by atoms with Crippen LogP contribution in [0.25, 0.3) is 0 Å². The van der Waals surface area contributed by atoms with Crippen LogP contribution in [-0.2, 0) is 14.9 Å². The van der Waals surface area contributed by atoms with Crippen molar-refractivity contribution in [1.29, 1.82) is 0 Å². The smallest absolute Gasteiger partial charge is 0.329 e. The minimum atomic E-state index is -4.95. The van der Waals surface area contributed by atoms with Crippen molar-refractivity contribution in [3.63, 3.8) is 0 Å². The summed E-state index contributed by atoms with van der Waals surface area (Å²) in [6, 6.07) is 1.43. The van der Waals surface area contributed by atoms with Gasteiger partial charge < -0.3 is 15.3 Å². The van der Waals surface area contributed by atoms with Gasteiger partial charge in [0.2, 0.25) is 5.25 Å². The van der Waals surface area contributed by atoms with E-state index in [2.05, 4.69) is 0 Å². The lowest BCUT2D eigenvalue weighted by Gasteiger charge is -2.12. The number of carboxylic acids is 1. The minimum absolute atomic E-state index is 0.412. The number of halogens is 1. The van der Waals surface area contributed by atoms with E-state index in [1.165, 1.54) is 0 Å². The lowest BCUT2D eigenvalue weighted by molar-refractivity contribution is -0.136. The van der Waals surface area contributed by atoms with Crippen molar-refractivity contribution in [2.45, 2.75) is 5.25 Å². The number of carboxylic acid groups (broad SMARTS) is 1. The van der Waals surface area contributed by atoms with Gasteiger partial charge in [-0.25, -0.2) is 0 Å². The molecule has 0 radical (unpaired) electrons. The van der Waals surface area contributed by atoms with Crippen LogP contribution >= 0.6 is 11.6 Å². The molecule has 0 saturated carbocycles. The second kappa shape index (κ2) is 4.40. The molecule has 1 aromatic rings. The number of phenolic OH excluding ortho intramolecular Hbond substituents is 2. The molecular weight excluding hydrogens is 276 g/mol. The van der Waals surface area contributed by atoms with E-state index in [0.717, 1.165) is 6.07 Å². The van der Waals surface area contributed by atoms with E-state index in [1.807, 2.05) is 0 Å². The fourth-order valence-electron chi connectivity index (χ4n) is 1.19. The third kappa shape index (κ3) is 2.78. The number of aromatic hydroxyl groups is 2. The first-order valence-electron chi connectivity index (χ1n) is 4.05. The molecule has 0 fully saturated rings. The van der Waals surface area contributed by atoms with Crippen LogP contribution in [0.3, 0.4) is 0 Å². The molecule has 9 heteroatoms. The molecule has 0 aliphatic rings. The van der Waals surface area contributed by atoms with Crippen LogP contribution in [0.15, 0.2) is 12.1 Å². The molecule has 0 heterocycles. The average Bonchev–Trinajstić information content (AvgIpc) is 2.11. The van der Waals surface area contributed by atoms with E-state index < -0.39 is 43.4 Å². The highest BCUT2D eigenvalue weighted by atomic mass is 35.5. The van der Waals surface area contributed by atoms with Crippen molar-refractivity contribution in [2.75, 3.05) is 0 Å². The molecule has 0 amide bonds. The van der Waals surface area contributed by atoms with E-state index in [1.54, 1.807) is 0 Å². The molecule has 0 spiro atoms. The van der Waals surface area contributed by atoms with Gasteiger partial charge in [-0.1, -0.05) is 11.6 Å². The number of benzene rings is 1. The summed E-state index contributed by atoms with van der Waals surface area (Å²) < 4.78 is 30.6. The van der Waals surface area contributed by atoms with Crippen molar-refractivity contribution in [2.24, 2.45) is 0 Å². The van der Waals surface area contributed by atoms with Crippen LogP contribution in [0, 0.1) is 0 Å². The summed E-state index contributed by atoms with van der Waals surface area (Å²) in [5.41, 5.74) is -0.544. The number of phenols is 2. The van der Waals surface area contributed by atoms with Gasteiger partial charge in [0.05, 0.1) is 0 Å². The molecule has 0 aromatic heterocycles. The Morgan fingerprint density at radius 3 is 2.12 bits per heavy atom. The first-order chi connectivity index (χ1) is 7.64. The van der Waals surface area contributed by atoms with Crippen LogP contribution in [0.1, 0.15) is 10.8 Å². The van der Waals surface area contributed by atoms with Gasteiger partial charge in [-0.15, -0.1) is 0 Å². The lowest BCUT2D eigenvalue weighted by atomic mass is 10.1. The molecular formula is C8H7ClO7S. The quantitative estimate of drug-likeness (QED) is 0.475. The largest absolute Gasteiger partial charge is 0.504 e. The molecule has 7 nitrogen and oxygen atoms in total. The van der Waals surface area contributed by atoms with Gasteiger partial charge in [-0.05, 0) is 6.07 Å². The SMILES string of the molecule is O=C(O)C(c1cc(O)c(O)cc1Cl)S(=O)(=O)O. The zero-order valence-electron chi connectivity index (χ0n) is 8.03. The topological polar surface area (TPSA) is 132 Å². The maximum Gasteiger partial charge on any atom is 0.329 e. The van der Waals surface area contributed by atoms with Crippen molar-refractivity contribution in [3.05, 3.63) is 22.7 Å². The van der Waals surface area contributed by atoms with Crippen LogP contribution in [0.4, 0.5) is 0 Å². The Kier molecular flexibility index (Phi) is 3.51. The van der Waals surface area contributed by atoms with Gasteiger partial charge in [-0.2, -0.15) is 8.42 Å². The zero-order chi connectivity index (χ0) is 13.4. The predicted octanol–water partition coefficient (Wildman–Crippen LogP) is 0.765. The Hall–Kier alpha value is -1.51. The van der Waals surface area contributed by atoms with E-state index in [9.17, 15) is 13.2 Å². The molecule has 1 atom stereocenters. The summed E-state index contributed by atoms with van der Waals surface area (Å²) in [6.07, 6.45) is 0. The van der Waals surface area contributed by atoms with Gasteiger partial charge in [0, 0.05) is 16.7 Å². The molecule has 4 N–H and O–H groups in total. The predicted molar refractivity (Wildman–Crippen MR) is 56.7 cm³/mol. The summed E-state index contributed by atoms with van der Waals surface area (Å²) in [4.78, 5) is 10.8. The van der Waals surface area contributed by atoms with Crippen LogP contribution in [-0.4, -0.2) is 34.3 Å². The third-order valence-corrected chi connectivity index (χ3v) is 3.28. The fourth-order valence-corrected chi connectivity index (χ4v) is 2.29. The first kappa shape index (κ1) is 13.6. The van der Waals surface area contributed by atoms with Gasteiger partial charge in [0.25, 0.3) is 10.1 Å². The highest BCUT2D eigenvalue weighted by Gasteiger charge is 2.35. The number of hydrogen-bond donors (Lipinski definition) is 4. The Morgan fingerprint density at radius 1 is 1.24 bits per heavy atom. The van der Waals surface area contributed by atoms with E-state index in [-0.39, 0.29) is 0 Å². The highest BCUT2D eigenvalue weighted by molar-refractivity contribution is 7.86. The Labute approximate surface area is 101 Å². The summed E-state index contributed by atoms with van der Waals surface area (Å²) >= 11 is 5.54. The van der Waals surface area contributed by atoms with Crippen LogP contribution in [0.2, 0.25) is 5.02 Å². The van der Waals surface area contributed by atoms with Gasteiger partial charge in [0.15, 0.2) is 11.5 Å². The molecule has 0 aliphatic heterocycles. The summed E-state index contributed by atoms with van der Waals surface area (Å²) in [5.74, 6) is -3.25. The number of aliphatic carboxylic acids is 1. The van der Waals surface area contributed by atoms with Crippen molar-refractivity contribution >= 4 is 27.7 Å². The minimum Gasteiger partial charge on any atom is -0.504 e. The maximum absolute atomic E-state index is 10.9. The van der Waals surface area contributed by atoms with E-state index >= 15 is 0 Å². The molecule has 94 valence electrons. The lowest BCUT2D eigenvalue weighted by Crippen LogP contribution is -2.21. The van der Waals surface area contributed by atoms with Crippen molar-refractivity contribution in [1.82, 2.24) is 0 Å². The molecule has 1 rings (SSSR count). The molecule has 1 aromatic carbocycles. The van der Waals surface area contributed by atoms with Crippen molar-refractivity contribution < 1.29 is 33.1 Å². The highest BCUT2D eigenvalue weighted by Crippen LogP contribution is 2.36. The van der Waals surface area contributed by atoms with Crippen molar-refractivity contribution in [3.8, 4) is 11.5 Å². The van der Waals surface area contributed by atoms with Gasteiger partial charge in [-0.3, -0.25) is 9.35 Å². The second-order valence-corrected chi connectivity index (χ2v) is 5.00. The van der Waals surface area contributed by atoms with E-state index in [0.29, 0.717) is 6.07 Å². The summed E-state index contributed by atoms with van der Waals surface area (Å²) in [7, 11) is -4.95. The van der Waals surface area contributed by atoms with Crippen LogP contribution < -0.4 is 0 Å². The molecule has 17 heavy (non-hydrogen) atoms. The molecule has 1 unspecified atom stereocenters. The normalized spacial score (nSPS) is 13.3. The second-order valence-electron chi connectivity index (χ2n) is 3.10. The van der Waals surface area contributed by atoms with Gasteiger partial charge in [0.1, 0.15) is 0 Å². The molecule has 0 aliphatic carbocycles. The number of hydrogen-bond acceptors (Lipinski definition) is 5. The zero-order valence-corrected chi connectivity index (χ0v) is 9.60.